The van der Waals surface area contributed by atoms with Crippen LogP contribution in [0, 0.1) is 5.92 Å². The van der Waals surface area contributed by atoms with Gasteiger partial charge < -0.3 is 20.0 Å². The molecule has 4 rings (SSSR count). The second-order valence-electron chi connectivity index (χ2n) is 7.47. The minimum absolute atomic E-state index is 0.0279. The maximum atomic E-state index is 12.6. The Balaban J connectivity index is 1.39. The number of fused-ring (bicyclic) bond motifs is 1. The Labute approximate surface area is 154 Å². The molecule has 0 spiro atoms. The highest BCUT2D eigenvalue weighted by molar-refractivity contribution is 5.95. The third-order valence-corrected chi connectivity index (χ3v) is 5.65. The van der Waals surface area contributed by atoms with Crippen molar-refractivity contribution in [3.05, 3.63) is 53.5 Å². The average Bonchev–Trinajstić information content (AvgIpc) is 3.37. The van der Waals surface area contributed by atoms with Crippen LogP contribution in [0.3, 0.4) is 0 Å². The van der Waals surface area contributed by atoms with Gasteiger partial charge in [-0.05, 0) is 62.9 Å². The Morgan fingerprint density at radius 1 is 1.35 bits per heavy atom. The Morgan fingerprint density at radius 3 is 3.08 bits per heavy atom. The number of para-hydroxylation sites is 1. The molecule has 2 aliphatic rings. The van der Waals surface area contributed by atoms with Gasteiger partial charge in [-0.3, -0.25) is 4.79 Å². The number of amides is 1. The Hall–Kier alpha value is -2.27. The zero-order valence-corrected chi connectivity index (χ0v) is 15.3. The molecule has 0 radical (unpaired) electrons. The van der Waals surface area contributed by atoms with E-state index in [9.17, 15) is 4.79 Å². The molecule has 1 aromatic carbocycles. The molecule has 138 valence electrons. The normalized spacial score (nSPS) is 21.8. The Morgan fingerprint density at radius 2 is 2.23 bits per heavy atom. The molecule has 2 unspecified atom stereocenters. The summed E-state index contributed by atoms with van der Waals surface area (Å²) in [6, 6.07) is 10.7. The fourth-order valence-electron chi connectivity index (χ4n) is 4.14. The summed E-state index contributed by atoms with van der Waals surface area (Å²) < 4.78 is 5.68. The molecule has 1 amide bonds. The zero-order chi connectivity index (χ0) is 17.9. The van der Waals surface area contributed by atoms with E-state index in [4.69, 9.17) is 4.42 Å². The summed E-state index contributed by atoms with van der Waals surface area (Å²) in [5.74, 6) is 1.40. The third kappa shape index (κ3) is 3.49. The van der Waals surface area contributed by atoms with Gasteiger partial charge in [-0.15, -0.1) is 0 Å². The van der Waals surface area contributed by atoms with Crippen molar-refractivity contribution in [2.24, 2.45) is 5.92 Å². The van der Waals surface area contributed by atoms with Gasteiger partial charge in [0, 0.05) is 18.3 Å². The van der Waals surface area contributed by atoms with Crippen molar-refractivity contribution < 1.29 is 9.21 Å². The molecular weight excluding hydrogens is 326 g/mol. The Bertz CT molecular complexity index is 764. The number of nitrogens with zero attached hydrogens (tertiary/aromatic N) is 1. The van der Waals surface area contributed by atoms with Gasteiger partial charge in [0.15, 0.2) is 0 Å². The van der Waals surface area contributed by atoms with Crippen LogP contribution >= 0.6 is 0 Å². The standard InChI is InChI=1S/C21H27N3O2/c1-15-12-17-4-2-3-5-19(17)24(15)14-20-18(8-11-26-20)21(25)23-10-7-16-6-9-22-13-16/h2-5,8,11,15-16,22H,6-7,9-10,12-14H2,1H3,(H,23,25). The van der Waals surface area contributed by atoms with Crippen LogP contribution in [-0.2, 0) is 13.0 Å². The first-order valence-corrected chi connectivity index (χ1v) is 9.62. The number of hydrogen-bond donors (Lipinski definition) is 2. The van der Waals surface area contributed by atoms with E-state index in [0.717, 1.165) is 38.2 Å². The molecule has 2 aliphatic heterocycles. The lowest BCUT2D eigenvalue weighted by Crippen LogP contribution is -2.31. The first-order chi connectivity index (χ1) is 12.7. The lowest BCUT2D eigenvalue weighted by molar-refractivity contribution is 0.0949. The summed E-state index contributed by atoms with van der Waals surface area (Å²) in [4.78, 5) is 14.9. The van der Waals surface area contributed by atoms with Crippen molar-refractivity contribution in [2.45, 2.75) is 38.8 Å². The first kappa shape index (κ1) is 17.2. The van der Waals surface area contributed by atoms with E-state index in [2.05, 4.69) is 46.7 Å². The summed E-state index contributed by atoms with van der Waals surface area (Å²) in [6.45, 7) is 5.73. The van der Waals surface area contributed by atoms with E-state index >= 15 is 0 Å². The molecule has 1 aromatic heterocycles. The monoisotopic (exact) mass is 353 g/mol. The summed E-state index contributed by atoms with van der Waals surface area (Å²) in [5, 5.41) is 6.43. The first-order valence-electron chi connectivity index (χ1n) is 9.62. The van der Waals surface area contributed by atoms with Gasteiger partial charge in [-0.2, -0.15) is 0 Å². The van der Waals surface area contributed by atoms with Crippen LogP contribution in [0.1, 0.15) is 41.4 Å². The van der Waals surface area contributed by atoms with Gasteiger partial charge in [0.1, 0.15) is 5.76 Å². The third-order valence-electron chi connectivity index (χ3n) is 5.65. The molecule has 2 N–H and O–H groups in total. The topological polar surface area (TPSA) is 57.5 Å². The molecular formula is C21H27N3O2. The van der Waals surface area contributed by atoms with Crippen molar-refractivity contribution >= 4 is 11.6 Å². The smallest absolute Gasteiger partial charge is 0.254 e. The fourth-order valence-corrected chi connectivity index (χ4v) is 4.14. The van der Waals surface area contributed by atoms with E-state index in [1.807, 2.05) is 0 Å². The fraction of sp³-hybridized carbons (Fsp3) is 0.476. The molecule has 26 heavy (non-hydrogen) atoms. The lowest BCUT2D eigenvalue weighted by atomic mass is 10.1. The van der Waals surface area contributed by atoms with Crippen molar-refractivity contribution in [1.29, 1.82) is 0 Å². The number of furan rings is 1. The molecule has 0 saturated carbocycles. The largest absolute Gasteiger partial charge is 0.467 e. The summed E-state index contributed by atoms with van der Waals surface area (Å²) >= 11 is 0. The van der Waals surface area contributed by atoms with Crippen LogP contribution in [-0.4, -0.2) is 31.6 Å². The van der Waals surface area contributed by atoms with Crippen LogP contribution in [0.4, 0.5) is 5.69 Å². The van der Waals surface area contributed by atoms with E-state index in [-0.39, 0.29) is 5.91 Å². The second-order valence-corrected chi connectivity index (χ2v) is 7.47. The van der Waals surface area contributed by atoms with Gasteiger partial charge >= 0.3 is 0 Å². The van der Waals surface area contributed by atoms with Crippen LogP contribution in [0.2, 0.25) is 0 Å². The molecule has 0 aliphatic carbocycles. The number of carbonyl (C=O) groups excluding carboxylic acids is 1. The molecule has 2 aromatic rings. The van der Waals surface area contributed by atoms with Crippen LogP contribution < -0.4 is 15.5 Å². The Kier molecular flexibility index (Phi) is 4.98. The molecule has 2 atom stereocenters. The number of rotatable bonds is 6. The molecule has 1 saturated heterocycles. The minimum atomic E-state index is -0.0279. The average molecular weight is 353 g/mol. The van der Waals surface area contributed by atoms with Crippen molar-refractivity contribution in [3.63, 3.8) is 0 Å². The van der Waals surface area contributed by atoms with Gasteiger partial charge in [0.2, 0.25) is 0 Å². The number of anilines is 1. The van der Waals surface area contributed by atoms with E-state index < -0.39 is 0 Å². The summed E-state index contributed by atoms with van der Waals surface area (Å²) in [7, 11) is 0. The van der Waals surface area contributed by atoms with Crippen molar-refractivity contribution in [1.82, 2.24) is 10.6 Å². The van der Waals surface area contributed by atoms with Crippen LogP contribution in [0.15, 0.2) is 41.0 Å². The predicted molar refractivity (Wildman–Crippen MR) is 102 cm³/mol. The highest BCUT2D eigenvalue weighted by Crippen LogP contribution is 2.33. The van der Waals surface area contributed by atoms with Gasteiger partial charge in [-0.25, -0.2) is 0 Å². The van der Waals surface area contributed by atoms with E-state index in [1.54, 1.807) is 12.3 Å². The van der Waals surface area contributed by atoms with Crippen LogP contribution in [0.5, 0.6) is 0 Å². The van der Waals surface area contributed by atoms with Crippen LogP contribution in [0.25, 0.3) is 0 Å². The van der Waals surface area contributed by atoms with E-state index in [1.165, 1.54) is 17.7 Å². The molecule has 0 bridgehead atoms. The second kappa shape index (κ2) is 7.54. The molecule has 5 heteroatoms. The minimum Gasteiger partial charge on any atom is -0.467 e. The predicted octanol–water partition coefficient (Wildman–Crippen LogP) is 2.96. The van der Waals surface area contributed by atoms with E-state index in [0.29, 0.717) is 24.1 Å². The van der Waals surface area contributed by atoms with Gasteiger partial charge in [0.25, 0.3) is 5.91 Å². The van der Waals surface area contributed by atoms with Crippen molar-refractivity contribution in [2.75, 3.05) is 24.5 Å². The molecule has 5 nitrogen and oxygen atoms in total. The maximum Gasteiger partial charge on any atom is 0.254 e. The SMILES string of the molecule is CC1Cc2ccccc2N1Cc1occc1C(=O)NCCC1CCNC1. The zero-order valence-electron chi connectivity index (χ0n) is 15.3. The highest BCUT2D eigenvalue weighted by atomic mass is 16.3. The quantitative estimate of drug-likeness (QED) is 0.838. The lowest BCUT2D eigenvalue weighted by Gasteiger charge is -2.24. The number of nitrogens with one attached hydrogen (secondary N) is 2. The number of benzene rings is 1. The highest BCUT2D eigenvalue weighted by Gasteiger charge is 2.28. The molecule has 3 heterocycles. The number of hydrogen-bond acceptors (Lipinski definition) is 4. The molecule has 1 fully saturated rings. The van der Waals surface area contributed by atoms with Crippen molar-refractivity contribution in [3.8, 4) is 0 Å². The summed E-state index contributed by atoms with van der Waals surface area (Å²) in [6.07, 6.45) is 4.90. The number of carbonyl (C=O) groups is 1. The maximum absolute atomic E-state index is 12.6. The summed E-state index contributed by atoms with van der Waals surface area (Å²) in [5.41, 5.74) is 3.27. The van der Waals surface area contributed by atoms with Gasteiger partial charge in [0.05, 0.1) is 18.4 Å². The van der Waals surface area contributed by atoms with Gasteiger partial charge in [-0.1, -0.05) is 18.2 Å².